The van der Waals surface area contributed by atoms with Crippen LogP contribution in [0.2, 0.25) is 0 Å². The number of nitrogens with zero attached hydrogens (tertiary/aromatic N) is 1. The summed E-state index contributed by atoms with van der Waals surface area (Å²) in [5.74, 6) is -5.47. The number of anilines is 1. The highest BCUT2D eigenvalue weighted by Gasteiger charge is 2.20. The summed E-state index contributed by atoms with van der Waals surface area (Å²) in [6.07, 6.45) is 0.744. The van der Waals surface area contributed by atoms with E-state index in [-0.39, 0.29) is 6.54 Å². The van der Waals surface area contributed by atoms with Gasteiger partial charge in [-0.25, -0.2) is 0 Å². The molecular weight excluding hydrogens is 316 g/mol. The number of hydrogen-bond donors (Lipinski definition) is 1. The number of aromatic nitrogens is 1. The lowest BCUT2D eigenvalue weighted by Crippen LogP contribution is -2.09. The summed E-state index contributed by atoms with van der Waals surface area (Å²) in [4.78, 5) is 2.50. The molecule has 0 bridgehead atoms. The lowest BCUT2D eigenvalue weighted by molar-refractivity contribution is 0.297. The number of hydrogen-bond acceptors (Lipinski definition) is 4. The first-order chi connectivity index (χ1) is 11.1. The molecule has 2 aromatic rings. The third-order valence-electron chi connectivity index (χ3n) is 3.28. The van der Waals surface area contributed by atoms with Crippen LogP contribution in [-0.2, 0) is 6.54 Å². The van der Waals surface area contributed by atoms with Crippen LogP contribution in [0.1, 0.15) is 12.0 Å². The highest BCUT2D eigenvalue weighted by atomic mass is 19.2. The highest BCUT2D eigenvalue weighted by Crippen LogP contribution is 2.31. The molecule has 1 aliphatic heterocycles. The van der Waals surface area contributed by atoms with Gasteiger partial charge in [0.15, 0.2) is 11.5 Å². The van der Waals surface area contributed by atoms with Crippen molar-refractivity contribution in [1.82, 2.24) is 4.98 Å². The summed E-state index contributed by atoms with van der Waals surface area (Å²) >= 11 is 0. The van der Waals surface area contributed by atoms with Crippen molar-refractivity contribution in [1.29, 1.82) is 0 Å². The Kier molecular flexibility index (Phi) is 4.22. The van der Waals surface area contributed by atoms with E-state index in [1.807, 2.05) is 0 Å². The fourth-order valence-corrected chi connectivity index (χ4v) is 2.15. The van der Waals surface area contributed by atoms with Crippen molar-refractivity contribution in [3.63, 3.8) is 0 Å². The van der Waals surface area contributed by atoms with E-state index in [9.17, 15) is 17.6 Å². The molecule has 1 N–H and O–H groups in total. The lowest BCUT2D eigenvalue weighted by Gasteiger charge is -2.12. The maximum atomic E-state index is 13.5. The maximum Gasteiger partial charge on any atom is 0.253 e. The van der Waals surface area contributed by atoms with Crippen molar-refractivity contribution in [2.45, 2.75) is 13.0 Å². The Balaban J connectivity index is 1.80. The molecule has 0 aliphatic carbocycles. The van der Waals surface area contributed by atoms with Gasteiger partial charge in [-0.15, -0.1) is 0 Å². The van der Waals surface area contributed by atoms with Gasteiger partial charge in [-0.1, -0.05) is 6.07 Å². The Morgan fingerprint density at radius 3 is 2.30 bits per heavy atom. The Morgan fingerprint density at radius 2 is 1.61 bits per heavy atom. The SMILES string of the molecule is Fc1nc(F)c(F)c(NCc2ccc3c(c2)OCCCO3)c1F. The van der Waals surface area contributed by atoms with Gasteiger partial charge in [-0.3, -0.25) is 0 Å². The minimum Gasteiger partial charge on any atom is -0.490 e. The van der Waals surface area contributed by atoms with Gasteiger partial charge in [0, 0.05) is 13.0 Å². The summed E-state index contributed by atoms with van der Waals surface area (Å²) in [6.45, 7) is 0.970. The van der Waals surface area contributed by atoms with Gasteiger partial charge < -0.3 is 14.8 Å². The van der Waals surface area contributed by atoms with Crippen molar-refractivity contribution in [3.8, 4) is 11.5 Å². The molecule has 4 nitrogen and oxygen atoms in total. The van der Waals surface area contributed by atoms with Crippen LogP contribution in [0.4, 0.5) is 23.2 Å². The molecule has 2 heterocycles. The summed E-state index contributed by atoms with van der Waals surface area (Å²) in [6, 6.07) is 4.96. The molecule has 1 aromatic carbocycles. The molecule has 0 atom stereocenters. The van der Waals surface area contributed by atoms with Crippen LogP contribution in [0.25, 0.3) is 0 Å². The molecule has 1 aliphatic rings. The first kappa shape index (κ1) is 15.4. The van der Waals surface area contributed by atoms with Crippen molar-refractivity contribution < 1.29 is 27.0 Å². The van der Waals surface area contributed by atoms with Gasteiger partial charge in [0.25, 0.3) is 11.9 Å². The molecule has 3 rings (SSSR count). The maximum absolute atomic E-state index is 13.5. The Bertz CT molecular complexity index is 714. The van der Waals surface area contributed by atoms with Crippen LogP contribution >= 0.6 is 0 Å². The Labute approximate surface area is 129 Å². The van der Waals surface area contributed by atoms with Gasteiger partial charge in [-0.2, -0.15) is 22.5 Å². The topological polar surface area (TPSA) is 43.4 Å². The number of nitrogens with one attached hydrogen (secondary N) is 1. The fraction of sp³-hybridized carbons (Fsp3) is 0.267. The van der Waals surface area contributed by atoms with E-state index in [0.29, 0.717) is 30.3 Å². The van der Waals surface area contributed by atoms with Gasteiger partial charge in [0.1, 0.15) is 5.69 Å². The summed E-state index contributed by atoms with van der Waals surface area (Å²) < 4.78 is 64.1. The number of halogens is 4. The second kappa shape index (κ2) is 6.31. The van der Waals surface area contributed by atoms with Gasteiger partial charge in [-0.05, 0) is 17.7 Å². The number of pyridine rings is 1. The van der Waals surface area contributed by atoms with Gasteiger partial charge >= 0.3 is 0 Å². The zero-order valence-corrected chi connectivity index (χ0v) is 11.8. The van der Waals surface area contributed by atoms with E-state index in [4.69, 9.17) is 9.47 Å². The molecule has 1 aromatic heterocycles. The van der Waals surface area contributed by atoms with Crippen LogP contribution < -0.4 is 14.8 Å². The van der Waals surface area contributed by atoms with E-state index in [1.165, 1.54) is 0 Å². The largest absolute Gasteiger partial charge is 0.490 e. The monoisotopic (exact) mass is 328 g/mol. The lowest BCUT2D eigenvalue weighted by atomic mass is 10.2. The molecule has 0 amide bonds. The third kappa shape index (κ3) is 3.15. The molecular formula is C15H12F4N2O2. The third-order valence-corrected chi connectivity index (χ3v) is 3.28. The summed E-state index contributed by atoms with van der Waals surface area (Å²) in [5, 5.41) is 2.34. The predicted molar refractivity (Wildman–Crippen MR) is 73.4 cm³/mol. The molecule has 0 radical (unpaired) electrons. The molecule has 122 valence electrons. The smallest absolute Gasteiger partial charge is 0.253 e. The molecule has 8 heteroatoms. The minimum atomic E-state index is -1.70. The van der Waals surface area contributed by atoms with Crippen molar-refractivity contribution in [3.05, 3.63) is 47.3 Å². The fourth-order valence-electron chi connectivity index (χ4n) is 2.15. The Morgan fingerprint density at radius 1 is 0.957 bits per heavy atom. The van der Waals surface area contributed by atoms with Crippen LogP contribution in [0, 0.1) is 23.5 Å². The molecule has 23 heavy (non-hydrogen) atoms. The number of rotatable bonds is 3. The standard InChI is InChI=1S/C15H12F4N2O2/c16-11-13(12(17)15(19)21-14(11)18)20-7-8-2-3-9-10(6-8)23-5-1-4-22-9/h2-3,6H,1,4-5,7H2,(H,20,21). The van der Waals surface area contributed by atoms with E-state index < -0.39 is 29.2 Å². The van der Waals surface area contributed by atoms with E-state index in [1.54, 1.807) is 18.2 Å². The molecule has 0 spiro atoms. The number of benzene rings is 1. The van der Waals surface area contributed by atoms with Crippen LogP contribution in [0.3, 0.4) is 0 Å². The quantitative estimate of drug-likeness (QED) is 0.693. The molecule has 0 saturated heterocycles. The normalized spacial score (nSPS) is 13.6. The minimum absolute atomic E-state index is 0.0621. The average molecular weight is 328 g/mol. The second-order valence-electron chi connectivity index (χ2n) is 4.88. The zero-order valence-electron chi connectivity index (χ0n) is 11.8. The Hall–Kier alpha value is -2.51. The van der Waals surface area contributed by atoms with Crippen molar-refractivity contribution in [2.75, 3.05) is 18.5 Å². The first-order valence-corrected chi connectivity index (χ1v) is 6.88. The van der Waals surface area contributed by atoms with Gasteiger partial charge in [0.2, 0.25) is 11.6 Å². The average Bonchev–Trinajstić information content (AvgIpc) is 2.78. The van der Waals surface area contributed by atoms with Crippen LogP contribution in [-0.4, -0.2) is 18.2 Å². The van der Waals surface area contributed by atoms with E-state index in [0.717, 1.165) is 6.42 Å². The van der Waals surface area contributed by atoms with E-state index >= 15 is 0 Å². The molecule has 0 fully saturated rings. The second-order valence-corrected chi connectivity index (χ2v) is 4.88. The number of ether oxygens (including phenoxy) is 2. The van der Waals surface area contributed by atoms with E-state index in [2.05, 4.69) is 10.3 Å². The van der Waals surface area contributed by atoms with Crippen LogP contribution in [0.15, 0.2) is 18.2 Å². The summed E-state index contributed by atoms with van der Waals surface area (Å²) in [7, 11) is 0. The molecule has 0 unspecified atom stereocenters. The number of fused-ring (bicyclic) bond motifs is 1. The van der Waals surface area contributed by atoms with Gasteiger partial charge in [0.05, 0.1) is 13.2 Å². The first-order valence-electron chi connectivity index (χ1n) is 6.88. The van der Waals surface area contributed by atoms with Crippen molar-refractivity contribution >= 4 is 5.69 Å². The summed E-state index contributed by atoms with van der Waals surface area (Å²) in [5.41, 5.74) is -0.298. The van der Waals surface area contributed by atoms with Crippen molar-refractivity contribution in [2.24, 2.45) is 0 Å². The molecule has 0 saturated carbocycles. The predicted octanol–water partition coefficient (Wildman–Crippen LogP) is 3.41. The zero-order chi connectivity index (χ0) is 16.4. The highest BCUT2D eigenvalue weighted by molar-refractivity contribution is 5.48. The van der Waals surface area contributed by atoms with Crippen LogP contribution in [0.5, 0.6) is 11.5 Å².